The summed E-state index contributed by atoms with van der Waals surface area (Å²) in [4.78, 5) is 15.5. The first-order chi connectivity index (χ1) is 8.24. The summed E-state index contributed by atoms with van der Waals surface area (Å²) >= 11 is 1.46. The summed E-state index contributed by atoms with van der Waals surface area (Å²) in [6.45, 7) is 1.79. The summed E-state index contributed by atoms with van der Waals surface area (Å²) < 4.78 is 6.23. The number of nitrogens with one attached hydrogen (secondary N) is 2. The molecule has 0 saturated carbocycles. The summed E-state index contributed by atoms with van der Waals surface area (Å²) in [5.41, 5.74) is 6.15. The first-order valence-electron chi connectivity index (χ1n) is 5.23. The van der Waals surface area contributed by atoms with Gasteiger partial charge in [-0.2, -0.15) is 0 Å². The molecule has 90 valence electrons. The van der Waals surface area contributed by atoms with E-state index in [4.69, 9.17) is 4.74 Å². The molecule has 2 rings (SSSR count). The molecule has 1 aromatic heterocycles. The number of nitrogens with zero attached hydrogens (tertiary/aromatic N) is 1. The lowest BCUT2D eigenvalue weighted by Gasteiger charge is -2.02. The SMILES string of the molecule is CCC(=O)NNc1nc2c(OC)cccc2s1. The van der Waals surface area contributed by atoms with Crippen LogP contribution < -0.4 is 15.6 Å². The maximum Gasteiger partial charge on any atom is 0.238 e. The van der Waals surface area contributed by atoms with Crippen molar-refractivity contribution >= 4 is 32.6 Å². The molecule has 2 aromatic rings. The fraction of sp³-hybridized carbons (Fsp3) is 0.273. The fourth-order valence-electron chi connectivity index (χ4n) is 1.35. The van der Waals surface area contributed by atoms with E-state index < -0.39 is 0 Å². The van der Waals surface area contributed by atoms with E-state index >= 15 is 0 Å². The number of ether oxygens (including phenoxy) is 1. The molecule has 0 spiro atoms. The molecule has 0 fully saturated rings. The van der Waals surface area contributed by atoms with Crippen LogP contribution in [0.4, 0.5) is 5.13 Å². The van der Waals surface area contributed by atoms with Crippen molar-refractivity contribution in [2.24, 2.45) is 0 Å². The molecule has 0 unspecified atom stereocenters. The lowest BCUT2D eigenvalue weighted by Crippen LogP contribution is -2.28. The highest BCUT2D eigenvalue weighted by Crippen LogP contribution is 2.31. The minimum absolute atomic E-state index is 0.0729. The summed E-state index contributed by atoms with van der Waals surface area (Å²) in [6.07, 6.45) is 0.432. The highest BCUT2D eigenvalue weighted by Gasteiger charge is 2.08. The lowest BCUT2D eigenvalue weighted by atomic mass is 10.3. The minimum atomic E-state index is -0.0729. The topological polar surface area (TPSA) is 63.2 Å². The number of methoxy groups -OCH3 is 1. The van der Waals surface area contributed by atoms with Crippen LogP contribution in [0.25, 0.3) is 10.2 Å². The molecule has 0 bridgehead atoms. The number of fused-ring (bicyclic) bond motifs is 1. The Labute approximate surface area is 103 Å². The van der Waals surface area contributed by atoms with Crippen molar-refractivity contribution in [1.29, 1.82) is 0 Å². The summed E-state index contributed by atoms with van der Waals surface area (Å²) in [5.74, 6) is 0.657. The zero-order valence-corrected chi connectivity index (χ0v) is 10.4. The largest absolute Gasteiger partial charge is 0.494 e. The molecular formula is C11H13N3O2S. The van der Waals surface area contributed by atoms with E-state index in [2.05, 4.69) is 15.8 Å². The second kappa shape index (κ2) is 5.01. The van der Waals surface area contributed by atoms with Gasteiger partial charge in [-0.15, -0.1) is 0 Å². The molecule has 1 aromatic carbocycles. The Hall–Kier alpha value is -1.82. The number of rotatable bonds is 4. The molecule has 0 radical (unpaired) electrons. The van der Waals surface area contributed by atoms with Gasteiger partial charge in [-0.1, -0.05) is 24.3 Å². The molecule has 0 saturated heterocycles. The van der Waals surface area contributed by atoms with Gasteiger partial charge in [0.2, 0.25) is 11.0 Å². The average Bonchev–Trinajstić information content (AvgIpc) is 2.78. The number of carbonyl (C=O) groups is 1. The Kier molecular flexibility index (Phi) is 3.43. The van der Waals surface area contributed by atoms with Crippen LogP contribution in [-0.2, 0) is 4.79 Å². The maximum absolute atomic E-state index is 11.1. The number of amides is 1. The third kappa shape index (κ3) is 2.47. The van der Waals surface area contributed by atoms with Gasteiger partial charge in [0.05, 0.1) is 11.8 Å². The Morgan fingerprint density at radius 1 is 1.53 bits per heavy atom. The number of aromatic nitrogens is 1. The molecule has 0 aliphatic heterocycles. The van der Waals surface area contributed by atoms with Crippen molar-refractivity contribution < 1.29 is 9.53 Å². The standard InChI is InChI=1S/C11H13N3O2S/c1-3-9(15)13-14-11-12-10-7(16-2)5-4-6-8(10)17-11/h4-6H,3H2,1-2H3,(H,12,14)(H,13,15). The van der Waals surface area contributed by atoms with E-state index in [0.717, 1.165) is 16.0 Å². The van der Waals surface area contributed by atoms with Crippen molar-refractivity contribution in [2.45, 2.75) is 13.3 Å². The van der Waals surface area contributed by atoms with Crippen molar-refractivity contribution in [2.75, 3.05) is 12.5 Å². The van der Waals surface area contributed by atoms with Crippen molar-refractivity contribution in [1.82, 2.24) is 10.4 Å². The first kappa shape index (κ1) is 11.7. The molecule has 1 amide bonds. The third-order valence-electron chi connectivity index (χ3n) is 2.23. The smallest absolute Gasteiger partial charge is 0.238 e. The van der Waals surface area contributed by atoms with Gasteiger partial charge < -0.3 is 4.74 Å². The number of benzene rings is 1. The Balaban J connectivity index is 2.22. The van der Waals surface area contributed by atoms with E-state index in [0.29, 0.717) is 11.6 Å². The van der Waals surface area contributed by atoms with E-state index in [1.807, 2.05) is 18.2 Å². The molecule has 1 heterocycles. The van der Waals surface area contributed by atoms with Gasteiger partial charge >= 0.3 is 0 Å². The highest BCUT2D eigenvalue weighted by atomic mass is 32.1. The Morgan fingerprint density at radius 2 is 2.35 bits per heavy atom. The van der Waals surface area contributed by atoms with Crippen LogP contribution in [0.2, 0.25) is 0 Å². The van der Waals surface area contributed by atoms with E-state index in [-0.39, 0.29) is 5.91 Å². The van der Waals surface area contributed by atoms with Gasteiger partial charge in [-0.25, -0.2) is 4.98 Å². The quantitative estimate of drug-likeness (QED) is 0.817. The molecule has 6 heteroatoms. The van der Waals surface area contributed by atoms with Crippen molar-refractivity contribution in [3.8, 4) is 5.75 Å². The fourth-order valence-corrected chi connectivity index (χ4v) is 2.19. The van der Waals surface area contributed by atoms with Gasteiger partial charge in [0.1, 0.15) is 11.3 Å². The van der Waals surface area contributed by atoms with Crippen molar-refractivity contribution in [3.05, 3.63) is 18.2 Å². The summed E-state index contributed by atoms with van der Waals surface area (Å²) in [6, 6.07) is 5.73. The van der Waals surface area contributed by atoms with Gasteiger partial charge in [0.15, 0.2) is 0 Å². The van der Waals surface area contributed by atoms with Crippen LogP contribution in [-0.4, -0.2) is 18.0 Å². The number of anilines is 1. The number of hydrazine groups is 1. The van der Waals surface area contributed by atoms with Gasteiger partial charge in [-0.05, 0) is 12.1 Å². The van der Waals surface area contributed by atoms with Crippen LogP contribution in [0.3, 0.4) is 0 Å². The predicted molar refractivity (Wildman–Crippen MR) is 68.2 cm³/mol. The summed E-state index contributed by atoms with van der Waals surface area (Å²) in [5, 5.41) is 0.645. The van der Waals surface area contributed by atoms with Crippen LogP contribution >= 0.6 is 11.3 Å². The monoisotopic (exact) mass is 251 g/mol. The molecule has 0 aliphatic carbocycles. The zero-order valence-electron chi connectivity index (χ0n) is 9.61. The van der Waals surface area contributed by atoms with Crippen LogP contribution in [0.5, 0.6) is 5.75 Å². The normalized spacial score (nSPS) is 10.2. The van der Waals surface area contributed by atoms with E-state index in [1.165, 1.54) is 11.3 Å². The molecule has 17 heavy (non-hydrogen) atoms. The van der Waals surface area contributed by atoms with Crippen LogP contribution in [0.1, 0.15) is 13.3 Å². The highest BCUT2D eigenvalue weighted by molar-refractivity contribution is 7.22. The predicted octanol–water partition coefficient (Wildman–Crippen LogP) is 2.16. The number of carbonyl (C=O) groups excluding carboxylic acids is 1. The second-order valence-corrected chi connectivity index (χ2v) is 4.38. The van der Waals surface area contributed by atoms with Crippen LogP contribution in [0.15, 0.2) is 18.2 Å². The molecule has 0 aliphatic rings. The summed E-state index contributed by atoms with van der Waals surface area (Å²) in [7, 11) is 1.61. The first-order valence-corrected chi connectivity index (χ1v) is 6.04. The molecule has 2 N–H and O–H groups in total. The number of hydrogen-bond acceptors (Lipinski definition) is 5. The number of thiazole rings is 1. The Morgan fingerprint density at radius 3 is 3.06 bits per heavy atom. The van der Waals surface area contributed by atoms with Gasteiger partial charge in [0, 0.05) is 6.42 Å². The lowest BCUT2D eigenvalue weighted by molar-refractivity contribution is -0.120. The molecule has 0 atom stereocenters. The maximum atomic E-state index is 11.1. The van der Waals surface area contributed by atoms with E-state index in [9.17, 15) is 4.79 Å². The average molecular weight is 251 g/mol. The van der Waals surface area contributed by atoms with Crippen LogP contribution in [0, 0.1) is 0 Å². The van der Waals surface area contributed by atoms with Gasteiger partial charge in [-0.3, -0.25) is 15.6 Å². The minimum Gasteiger partial charge on any atom is -0.494 e. The third-order valence-corrected chi connectivity index (χ3v) is 3.17. The second-order valence-electron chi connectivity index (χ2n) is 3.35. The number of hydrogen-bond donors (Lipinski definition) is 2. The van der Waals surface area contributed by atoms with Gasteiger partial charge in [0.25, 0.3) is 0 Å². The van der Waals surface area contributed by atoms with E-state index in [1.54, 1.807) is 14.0 Å². The Bertz CT molecular complexity index is 538. The van der Waals surface area contributed by atoms with Crippen molar-refractivity contribution in [3.63, 3.8) is 0 Å². The number of para-hydroxylation sites is 1. The zero-order chi connectivity index (χ0) is 12.3. The molecular weight excluding hydrogens is 238 g/mol. The molecule has 5 nitrogen and oxygen atoms in total.